The van der Waals surface area contributed by atoms with Gasteiger partial charge in [0.2, 0.25) is 0 Å². The number of carbonyl (C=O) groups is 2. The molecule has 0 atom stereocenters. The summed E-state index contributed by atoms with van der Waals surface area (Å²) in [6.07, 6.45) is 9.11. The fourth-order valence-corrected chi connectivity index (χ4v) is 4.80. The number of amides is 3. The highest BCUT2D eigenvalue weighted by Crippen LogP contribution is 2.25. The van der Waals surface area contributed by atoms with Gasteiger partial charge in [0.25, 0.3) is 5.91 Å². The number of rotatable bonds is 5. The smallest absolute Gasteiger partial charge is 0.320 e. The minimum absolute atomic E-state index is 0.00462. The fraction of sp³-hybridized carbons (Fsp3) is 0.407. The molecule has 4 rings (SSSR count). The van der Waals surface area contributed by atoms with E-state index in [1.807, 2.05) is 4.90 Å². The van der Waals surface area contributed by atoms with Crippen LogP contribution in [0, 0.1) is 16.6 Å². The zero-order chi connectivity index (χ0) is 25.8. The Hall–Kier alpha value is -3.75. The van der Waals surface area contributed by atoms with Crippen molar-refractivity contribution in [3.63, 3.8) is 0 Å². The summed E-state index contributed by atoms with van der Waals surface area (Å²) in [6.45, 7) is 8.72. The second kappa shape index (κ2) is 10.9. The first kappa shape index (κ1) is 25.3. The van der Waals surface area contributed by atoms with E-state index >= 15 is 0 Å². The lowest BCUT2D eigenvalue weighted by Crippen LogP contribution is -2.44. The number of urea groups is 1. The van der Waals surface area contributed by atoms with Crippen LogP contribution in [0.15, 0.2) is 48.2 Å². The first-order valence-corrected chi connectivity index (χ1v) is 12.4. The van der Waals surface area contributed by atoms with Crippen LogP contribution in [0.2, 0.25) is 0 Å². The lowest BCUT2D eigenvalue weighted by Gasteiger charge is -2.32. The van der Waals surface area contributed by atoms with E-state index in [0.717, 1.165) is 43.5 Å². The van der Waals surface area contributed by atoms with E-state index in [1.165, 1.54) is 12.1 Å². The van der Waals surface area contributed by atoms with Crippen molar-refractivity contribution in [2.45, 2.75) is 45.6 Å². The van der Waals surface area contributed by atoms with E-state index in [9.17, 15) is 14.0 Å². The van der Waals surface area contributed by atoms with E-state index in [-0.39, 0.29) is 23.1 Å². The predicted octanol–water partition coefficient (Wildman–Crippen LogP) is 4.20. The minimum atomic E-state index is -0.605. The third-order valence-electron chi connectivity index (χ3n) is 6.88. The molecule has 0 radical (unpaired) electrons. The first-order chi connectivity index (χ1) is 17.2. The molecule has 0 unspecified atom stereocenters. The Morgan fingerprint density at radius 1 is 1.06 bits per heavy atom. The number of allylic oxidation sites excluding steroid dienone is 3. The number of benzene rings is 1. The van der Waals surface area contributed by atoms with E-state index in [1.54, 1.807) is 35.0 Å². The maximum atomic E-state index is 14.8. The predicted molar refractivity (Wildman–Crippen MR) is 138 cm³/mol. The Kier molecular flexibility index (Phi) is 7.67. The number of nitrogens with zero attached hydrogens (tertiary/aromatic N) is 3. The van der Waals surface area contributed by atoms with E-state index in [0.29, 0.717) is 43.9 Å². The summed E-state index contributed by atoms with van der Waals surface area (Å²) < 4.78 is 14.8. The molecule has 2 saturated heterocycles. The number of hydrogen-bond donors (Lipinski definition) is 3. The number of hydrogen-bond acceptors (Lipinski definition) is 4. The number of likely N-dealkylation sites (tertiary alicyclic amines) is 2. The third kappa shape index (κ3) is 5.56. The van der Waals surface area contributed by atoms with Crippen LogP contribution in [0.3, 0.4) is 0 Å². The van der Waals surface area contributed by atoms with Gasteiger partial charge < -0.3 is 20.0 Å². The molecule has 2 fully saturated rings. The van der Waals surface area contributed by atoms with Gasteiger partial charge >= 0.3 is 6.03 Å². The highest BCUT2D eigenvalue weighted by atomic mass is 19.1. The van der Waals surface area contributed by atoms with Crippen LogP contribution < -0.4 is 5.32 Å². The third-order valence-corrected chi connectivity index (χ3v) is 6.88. The number of halogens is 1. The molecule has 8 nitrogen and oxygen atoms in total. The van der Waals surface area contributed by atoms with Gasteiger partial charge in [0.1, 0.15) is 17.5 Å². The highest BCUT2D eigenvalue weighted by molar-refractivity contribution is 6.07. The lowest BCUT2D eigenvalue weighted by molar-refractivity contribution is 0.0963. The molecule has 3 heterocycles. The Morgan fingerprint density at radius 2 is 1.81 bits per heavy atom. The standard InChI is InChI=1S/C27H33FN6O2/c1-18(25(30)34-13-6-9-24(34)29)7-5-8-19(2)31-26(35)22-15-21-17-33(14-10-20(21)16-23(22)28)27(36)32-11-3-4-12-32/h5,7-8,15-16,29-30H,2-4,6,9-14,17H2,1H3,(H,31,35)/b8-5-,18-7+,29-24?,30-25?. The fourth-order valence-electron chi connectivity index (χ4n) is 4.80. The van der Waals surface area contributed by atoms with Crippen molar-refractivity contribution in [3.05, 3.63) is 70.7 Å². The second-order valence-corrected chi connectivity index (χ2v) is 9.49. The van der Waals surface area contributed by atoms with Gasteiger partial charge in [-0.25, -0.2) is 9.18 Å². The topological polar surface area (TPSA) is 104 Å². The number of fused-ring (bicyclic) bond motifs is 1. The summed E-state index contributed by atoms with van der Waals surface area (Å²) >= 11 is 0. The van der Waals surface area contributed by atoms with Crippen LogP contribution in [0.5, 0.6) is 0 Å². The van der Waals surface area contributed by atoms with Gasteiger partial charge in [-0.2, -0.15) is 0 Å². The maximum Gasteiger partial charge on any atom is 0.320 e. The zero-order valence-corrected chi connectivity index (χ0v) is 20.7. The first-order valence-electron chi connectivity index (χ1n) is 12.4. The summed E-state index contributed by atoms with van der Waals surface area (Å²) in [6, 6.07) is 2.94. The largest absolute Gasteiger partial charge is 0.325 e. The highest BCUT2D eigenvalue weighted by Gasteiger charge is 2.28. The number of carbonyl (C=O) groups excluding carboxylic acids is 2. The summed E-state index contributed by atoms with van der Waals surface area (Å²) in [5.41, 5.74) is 2.49. The zero-order valence-electron chi connectivity index (χ0n) is 20.7. The molecule has 0 spiro atoms. The van der Waals surface area contributed by atoms with Crippen LogP contribution in [-0.4, -0.2) is 64.5 Å². The van der Waals surface area contributed by atoms with Gasteiger partial charge in [0.15, 0.2) is 0 Å². The summed E-state index contributed by atoms with van der Waals surface area (Å²) in [5.74, 6) is -0.472. The average molecular weight is 493 g/mol. The average Bonchev–Trinajstić information content (AvgIpc) is 3.54. The monoisotopic (exact) mass is 492 g/mol. The van der Waals surface area contributed by atoms with Crippen LogP contribution in [0.25, 0.3) is 0 Å². The van der Waals surface area contributed by atoms with Gasteiger partial charge in [0.05, 0.1) is 5.56 Å². The normalized spacial score (nSPS) is 18.1. The molecule has 0 aliphatic carbocycles. The molecule has 9 heteroatoms. The van der Waals surface area contributed by atoms with Gasteiger partial charge in [0, 0.05) is 44.8 Å². The molecule has 0 bridgehead atoms. The van der Waals surface area contributed by atoms with Crippen LogP contribution in [0.1, 0.15) is 54.1 Å². The second-order valence-electron chi connectivity index (χ2n) is 9.49. The molecule has 190 valence electrons. The van der Waals surface area contributed by atoms with E-state index < -0.39 is 11.7 Å². The lowest BCUT2D eigenvalue weighted by atomic mass is 9.96. The molecular formula is C27H33FN6O2. The number of nitrogens with one attached hydrogen (secondary N) is 3. The summed E-state index contributed by atoms with van der Waals surface area (Å²) in [7, 11) is 0. The SMILES string of the molecule is C=C(/C=C\C=C(/C)C(=N)N1CCCC1=N)NC(=O)c1cc2c(cc1F)CCN(C(=O)N1CCCC1)C2. The Balaban J connectivity index is 1.38. The van der Waals surface area contributed by atoms with E-state index in [4.69, 9.17) is 10.8 Å². The maximum absolute atomic E-state index is 14.8. The molecule has 3 amide bonds. The molecule has 3 aliphatic heterocycles. The Morgan fingerprint density at radius 3 is 2.50 bits per heavy atom. The summed E-state index contributed by atoms with van der Waals surface area (Å²) in [4.78, 5) is 30.9. The molecule has 36 heavy (non-hydrogen) atoms. The van der Waals surface area contributed by atoms with Crippen LogP contribution in [0.4, 0.5) is 9.18 Å². The van der Waals surface area contributed by atoms with Crippen molar-refractivity contribution < 1.29 is 14.0 Å². The van der Waals surface area contributed by atoms with Crippen molar-refractivity contribution >= 4 is 23.6 Å². The molecular weight excluding hydrogens is 459 g/mol. The molecule has 3 aliphatic rings. The van der Waals surface area contributed by atoms with Gasteiger partial charge in [-0.1, -0.05) is 18.7 Å². The van der Waals surface area contributed by atoms with Gasteiger partial charge in [-0.3, -0.25) is 15.6 Å². The molecule has 0 aromatic heterocycles. The molecule has 1 aromatic rings. The molecule has 0 saturated carbocycles. The Labute approximate surface area is 211 Å². The van der Waals surface area contributed by atoms with Crippen molar-refractivity contribution in [2.24, 2.45) is 0 Å². The quantitative estimate of drug-likeness (QED) is 0.326. The van der Waals surface area contributed by atoms with Crippen molar-refractivity contribution in [2.75, 3.05) is 26.2 Å². The summed E-state index contributed by atoms with van der Waals surface area (Å²) in [5, 5.41) is 18.8. The minimum Gasteiger partial charge on any atom is -0.325 e. The van der Waals surface area contributed by atoms with Crippen molar-refractivity contribution in [1.29, 1.82) is 10.8 Å². The van der Waals surface area contributed by atoms with Crippen molar-refractivity contribution in [3.8, 4) is 0 Å². The Bertz CT molecular complexity index is 1170. The van der Waals surface area contributed by atoms with Gasteiger partial charge in [-0.15, -0.1) is 0 Å². The van der Waals surface area contributed by atoms with E-state index in [2.05, 4.69) is 11.9 Å². The number of amidine groups is 2. The van der Waals surface area contributed by atoms with Gasteiger partial charge in [-0.05, 0) is 67.5 Å². The molecule has 3 N–H and O–H groups in total. The van der Waals surface area contributed by atoms with Crippen LogP contribution in [-0.2, 0) is 13.0 Å². The van der Waals surface area contributed by atoms with Crippen molar-refractivity contribution in [1.82, 2.24) is 20.0 Å². The molecule has 1 aromatic carbocycles. The van der Waals surface area contributed by atoms with Crippen LogP contribution >= 0.6 is 0 Å².